The monoisotopic (exact) mass is 288 g/mol. The van der Waals surface area contributed by atoms with Gasteiger partial charge in [0.25, 0.3) is 5.91 Å². The van der Waals surface area contributed by atoms with Crippen LogP contribution in [-0.2, 0) is 4.79 Å². The van der Waals surface area contributed by atoms with Gasteiger partial charge in [0.05, 0.1) is 5.69 Å². The Morgan fingerprint density at radius 2 is 2.10 bits per heavy atom. The van der Waals surface area contributed by atoms with Crippen LogP contribution in [0, 0.1) is 6.92 Å². The van der Waals surface area contributed by atoms with Crippen molar-refractivity contribution in [1.82, 2.24) is 14.7 Å². The number of pyridine rings is 1. The highest BCUT2D eigenvalue weighted by Gasteiger charge is 2.15. The third-order valence-electron chi connectivity index (χ3n) is 3.30. The lowest BCUT2D eigenvalue weighted by Gasteiger charge is -2.05. The van der Waals surface area contributed by atoms with Gasteiger partial charge < -0.3 is 11.1 Å². The molecule has 0 aliphatic carbocycles. The van der Waals surface area contributed by atoms with Crippen LogP contribution in [0.3, 0.4) is 0 Å². The normalized spacial score (nSPS) is 10.7. The summed E-state index contributed by atoms with van der Waals surface area (Å²) in [5.74, 6) is -0.401. The SMILES string of the molecule is Cc1nc2ccccn2c1C(=O)NCCCCCC(N)=O. The van der Waals surface area contributed by atoms with E-state index in [1.165, 1.54) is 0 Å². The quantitative estimate of drug-likeness (QED) is 0.755. The molecular weight excluding hydrogens is 268 g/mol. The molecule has 2 amide bonds. The molecule has 0 aliphatic heterocycles. The number of amides is 2. The van der Waals surface area contributed by atoms with Crippen LogP contribution in [0.2, 0.25) is 0 Å². The van der Waals surface area contributed by atoms with E-state index < -0.39 is 0 Å². The number of hydrogen-bond donors (Lipinski definition) is 2. The summed E-state index contributed by atoms with van der Waals surface area (Å²) in [7, 11) is 0. The van der Waals surface area contributed by atoms with E-state index in [2.05, 4.69) is 10.3 Å². The highest BCUT2D eigenvalue weighted by molar-refractivity contribution is 5.94. The lowest BCUT2D eigenvalue weighted by Crippen LogP contribution is -2.26. The summed E-state index contributed by atoms with van der Waals surface area (Å²) >= 11 is 0. The minimum absolute atomic E-state index is 0.124. The second-order valence-corrected chi connectivity index (χ2v) is 5.01. The summed E-state index contributed by atoms with van der Waals surface area (Å²) < 4.78 is 1.79. The van der Waals surface area contributed by atoms with Crippen LogP contribution < -0.4 is 11.1 Å². The van der Waals surface area contributed by atoms with Gasteiger partial charge in [0.2, 0.25) is 5.91 Å². The van der Waals surface area contributed by atoms with E-state index in [0.29, 0.717) is 24.4 Å². The maximum Gasteiger partial charge on any atom is 0.270 e. The Kier molecular flexibility index (Phi) is 4.92. The van der Waals surface area contributed by atoms with Crippen LogP contribution in [0.15, 0.2) is 24.4 Å². The van der Waals surface area contributed by atoms with Gasteiger partial charge in [0.15, 0.2) is 0 Å². The van der Waals surface area contributed by atoms with Crippen molar-refractivity contribution >= 4 is 17.5 Å². The number of nitrogens with one attached hydrogen (secondary N) is 1. The molecule has 0 spiro atoms. The molecule has 0 saturated carbocycles. The van der Waals surface area contributed by atoms with Gasteiger partial charge in [-0.25, -0.2) is 4.98 Å². The first kappa shape index (κ1) is 15.0. The van der Waals surface area contributed by atoms with Gasteiger partial charge in [-0.2, -0.15) is 0 Å². The number of nitrogens with two attached hydrogens (primary N) is 1. The Balaban J connectivity index is 1.88. The zero-order valence-corrected chi connectivity index (χ0v) is 12.1. The molecule has 6 heteroatoms. The molecule has 2 heterocycles. The maximum atomic E-state index is 12.2. The molecule has 0 atom stereocenters. The van der Waals surface area contributed by atoms with Crippen molar-refractivity contribution < 1.29 is 9.59 Å². The number of imidazole rings is 1. The highest BCUT2D eigenvalue weighted by Crippen LogP contribution is 2.11. The van der Waals surface area contributed by atoms with E-state index in [1.807, 2.05) is 31.3 Å². The molecule has 2 aromatic heterocycles. The van der Waals surface area contributed by atoms with E-state index in [4.69, 9.17) is 5.73 Å². The van der Waals surface area contributed by atoms with Crippen molar-refractivity contribution in [2.24, 2.45) is 5.73 Å². The molecule has 0 saturated heterocycles. The molecule has 21 heavy (non-hydrogen) atoms. The van der Waals surface area contributed by atoms with Crippen molar-refractivity contribution in [2.45, 2.75) is 32.6 Å². The summed E-state index contributed by atoms with van der Waals surface area (Å²) in [6.07, 6.45) is 4.70. The Bertz CT molecular complexity index is 648. The van der Waals surface area contributed by atoms with E-state index in [0.717, 1.165) is 24.9 Å². The second-order valence-electron chi connectivity index (χ2n) is 5.01. The second kappa shape index (κ2) is 6.88. The summed E-state index contributed by atoms with van der Waals surface area (Å²) in [5, 5.41) is 2.89. The molecular formula is C15H20N4O2. The lowest BCUT2D eigenvalue weighted by atomic mass is 10.2. The number of aryl methyl sites for hydroxylation is 1. The van der Waals surface area contributed by atoms with Crippen molar-refractivity contribution in [2.75, 3.05) is 6.54 Å². The molecule has 0 radical (unpaired) electrons. The zero-order chi connectivity index (χ0) is 15.2. The van der Waals surface area contributed by atoms with Crippen LogP contribution in [0.1, 0.15) is 41.9 Å². The smallest absolute Gasteiger partial charge is 0.270 e. The minimum Gasteiger partial charge on any atom is -0.370 e. The molecule has 0 aromatic carbocycles. The Morgan fingerprint density at radius 3 is 2.86 bits per heavy atom. The topological polar surface area (TPSA) is 89.5 Å². The van der Waals surface area contributed by atoms with Crippen LogP contribution in [0.4, 0.5) is 0 Å². The third kappa shape index (κ3) is 3.81. The largest absolute Gasteiger partial charge is 0.370 e. The molecule has 0 bridgehead atoms. The number of primary amides is 1. The first-order valence-electron chi connectivity index (χ1n) is 7.10. The van der Waals surface area contributed by atoms with E-state index in [1.54, 1.807) is 4.40 Å². The molecule has 0 aliphatic rings. The highest BCUT2D eigenvalue weighted by atomic mass is 16.2. The van der Waals surface area contributed by atoms with E-state index >= 15 is 0 Å². The number of fused-ring (bicyclic) bond motifs is 1. The third-order valence-corrected chi connectivity index (χ3v) is 3.30. The fourth-order valence-electron chi connectivity index (χ4n) is 2.27. The molecule has 3 N–H and O–H groups in total. The van der Waals surface area contributed by atoms with Gasteiger partial charge in [-0.05, 0) is 31.9 Å². The van der Waals surface area contributed by atoms with Crippen molar-refractivity contribution in [1.29, 1.82) is 0 Å². The average Bonchev–Trinajstić information content (AvgIpc) is 2.78. The van der Waals surface area contributed by atoms with Gasteiger partial charge in [-0.3, -0.25) is 14.0 Å². The Labute approximate surface area is 123 Å². The summed E-state index contributed by atoms with van der Waals surface area (Å²) in [6.45, 7) is 2.41. The molecule has 0 fully saturated rings. The number of rotatable bonds is 7. The number of carbonyl (C=O) groups is 2. The molecule has 112 valence electrons. The maximum absolute atomic E-state index is 12.2. The Hall–Kier alpha value is -2.37. The van der Waals surface area contributed by atoms with Gasteiger partial charge in [-0.15, -0.1) is 0 Å². The fraction of sp³-hybridized carbons (Fsp3) is 0.400. The Morgan fingerprint density at radius 1 is 1.29 bits per heavy atom. The number of carbonyl (C=O) groups excluding carboxylic acids is 2. The summed E-state index contributed by atoms with van der Waals surface area (Å²) in [5.41, 5.74) is 7.12. The first-order valence-corrected chi connectivity index (χ1v) is 7.10. The summed E-state index contributed by atoms with van der Waals surface area (Å²) in [6, 6.07) is 5.63. The standard InChI is InChI=1S/C15H20N4O2/c1-11-14(19-10-6-4-8-13(19)18-11)15(21)17-9-5-2-3-7-12(16)20/h4,6,8,10H,2-3,5,7,9H2,1H3,(H2,16,20)(H,17,21). The number of nitrogens with zero attached hydrogens (tertiary/aromatic N) is 2. The minimum atomic E-state index is -0.277. The first-order chi connectivity index (χ1) is 10.1. The molecule has 2 rings (SSSR count). The van der Waals surface area contributed by atoms with Crippen LogP contribution in [-0.4, -0.2) is 27.7 Å². The predicted molar refractivity (Wildman–Crippen MR) is 79.9 cm³/mol. The van der Waals surface area contributed by atoms with Crippen molar-refractivity contribution in [3.05, 3.63) is 35.8 Å². The number of unbranched alkanes of at least 4 members (excludes halogenated alkanes) is 2. The van der Waals surface area contributed by atoms with Crippen LogP contribution >= 0.6 is 0 Å². The van der Waals surface area contributed by atoms with Crippen LogP contribution in [0.5, 0.6) is 0 Å². The fourth-order valence-corrected chi connectivity index (χ4v) is 2.27. The summed E-state index contributed by atoms with van der Waals surface area (Å²) in [4.78, 5) is 27.2. The van der Waals surface area contributed by atoms with Crippen LogP contribution in [0.25, 0.3) is 5.65 Å². The predicted octanol–water partition coefficient (Wildman–Crippen LogP) is 1.42. The number of hydrogen-bond acceptors (Lipinski definition) is 3. The van der Waals surface area contributed by atoms with Crippen molar-refractivity contribution in [3.63, 3.8) is 0 Å². The van der Waals surface area contributed by atoms with E-state index in [-0.39, 0.29) is 11.8 Å². The van der Waals surface area contributed by atoms with Gasteiger partial charge in [0.1, 0.15) is 11.3 Å². The molecule has 0 unspecified atom stereocenters. The van der Waals surface area contributed by atoms with Gasteiger partial charge in [-0.1, -0.05) is 12.5 Å². The lowest BCUT2D eigenvalue weighted by molar-refractivity contribution is -0.118. The zero-order valence-electron chi connectivity index (χ0n) is 12.1. The van der Waals surface area contributed by atoms with E-state index in [9.17, 15) is 9.59 Å². The van der Waals surface area contributed by atoms with Gasteiger partial charge >= 0.3 is 0 Å². The number of aromatic nitrogens is 2. The van der Waals surface area contributed by atoms with Crippen molar-refractivity contribution in [3.8, 4) is 0 Å². The van der Waals surface area contributed by atoms with Gasteiger partial charge in [0, 0.05) is 19.2 Å². The molecule has 6 nitrogen and oxygen atoms in total. The molecule has 2 aromatic rings. The average molecular weight is 288 g/mol.